The Balaban J connectivity index is 1.76. The number of benzene rings is 1. The fourth-order valence-electron chi connectivity index (χ4n) is 2.71. The number of rotatable bonds is 2. The predicted octanol–water partition coefficient (Wildman–Crippen LogP) is 0.532. The minimum atomic E-state index is -0.480. The molecule has 1 aromatic rings. The molecule has 2 aliphatic heterocycles. The first-order chi connectivity index (χ1) is 10.0. The highest BCUT2D eigenvalue weighted by Gasteiger charge is 2.28. The average Bonchev–Trinajstić information content (AvgIpc) is 2.90. The largest absolute Gasteiger partial charge is 0.344 e. The molecule has 6 nitrogen and oxygen atoms in total. The Labute approximate surface area is 122 Å². The molecule has 21 heavy (non-hydrogen) atoms. The van der Waals surface area contributed by atoms with Crippen molar-refractivity contribution < 1.29 is 14.4 Å². The van der Waals surface area contributed by atoms with E-state index in [2.05, 4.69) is 10.6 Å². The molecule has 1 aromatic carbocycles. The highest BCUT2D eigenvalue weighted by molar-refractivity contribution is 6.01. The summed E-state index contributed by atoms with van der Waals surface area (Å²) < 4.78 is 0. The van der Waals surface area contributed by atoms with Crippen LogP contribution >= 0.6 is 0 Å². The maximum Gasteiger partial charge on any atom is 0.253 e. The second-order valence-corrected chi connectivity index (χ2v) is 5.50. The molecule has 0 saturated carbocycles. The van der Waals surface area contributed by atoms with Gasteiger partial charge in [-0.3, -0.25) is 14.4 Å². The van der Waals surface area contributed by atoms with E-state index in [4.69, 9.17) is 0 Å². The lowest BCUT2D eigenvalue weighted by atomic mass is 9.98. The van der Waals surface area contributed by atoms with Crippen LogP contribution in [0.3, 0.4) is 0 Å². The Bertz CT molecular complexity index is 627. The molecular formula is C15H17N3O3. The van der Waals surface area contributed by atoms with Crippen molar-refractivity contribution in [2.45, 2.75) is 25.3 Å². The van der Waals surface area contributed by atoms with Crippen molar-refractivity contribution in [3.63, 3.8) is 0 Å². The second-order valence-electron chi connectivity index (χ2n) is 5.50. The average molecular weight is 287 g/mol. The highest BCUT2D eigenvalue weighted by atomic mass is 16.2. The van der Waals surface area contributed by atoms with E-state index in [1.165, 1.54) is 0 Å². The smallest absolute Gasteiger partial charge is 0.253 e. The number of hydrogen-bond acceptors (Lipinski definition) is 3. The summed E-state index contributed by atoms with van der Waals surface area (Å²) >= 11 is 0. The zero-order valence-corrected chi connectivity index (χ0v) is 11.8. The first kappa shape index (κ1) is 13.6. The Morgan fingerprint density at radius 2 is 2.14 bits per heavy atom. The zero-order valence-electron chi connectivity index (χ0n) is 11.8. The molecule has 110 valence electrons. The summed E-state index contributed by atoms with van der Waals surface area (Å²) in [5.74, 6) is -0.365. The zero-order chi connectivity index (χ0) is 15.0. The predicted molar refractivity (Wildman–Crippen MR) is 76.9 cm³/mol. The van der Waals surface area contributed by atoms with E-state index < -0.39 is 6.04 Å². The summed E-state index contributed by atoms with van der Waals surface area (Å²) in [4.78, 5) is 37.0. The van der Waals surface area contributed by atoms with Gasteiger partial charge >= 0.3 is 0 Å². The Morgan fingerprint density at radius 3 is 2.86 bits per heavy atom. The lowest BCUT2D eigenvalue weighted by molar-refractivity contribution is -0.122. The van der Waals surface area contributed by atoms with E-state index >= 15 is 0 Å². The van der Waals surface area contributed by atoms with Crippen LogP contribution < -0.4 is 10.6 Å². The van der Waals surface area contributed by atoms with Gasteiger partial charge in [-0.05, 0) is 30.5 Å². The van der Waals surface area contributed by atoms with Crippen LogP contribution in [0.5, 0.6) is 0 Å². The van der Waals surface area contributed by atoms with Gasteiger partial charge in [0.2, 0.25) is 11.8 Å². The molecule has 2 heterocycles. The molecule has 0 spiro atoms. The summed E-state index contributed by atoms with van der Waals surface area (Å²) in [6, 6.07) is 4.91. The Kier molecular flexibility index (Phi) is 3.37. The van der Waals surface area contributed by atoms with Crippen LogP contribution in [0.4, 0.5) is 5.69 Å². The third-order valence-electron chi connectivity index (χ3n) is 3.98. The van der Waals surface area contributed by atoms with Gasteiger partial charge in [0, 0.05) is 31.3 Å². The van der Waals surface area contributed by atoms with Crippen molar-refractivity contribution in [1.29, 1.82) is 0 Å². The fraction of sp³-hybridized carbons (Fsp3) is 0.400. The number of carbonyl (C=O) groups is 3. The third kappa shape index (κ3) is 2.61. The Hall–Kier alpha value is -2.37. The molecule has 0 aromatic heterocycles. The van der Waals surface area contributed by atoms with E-state index in [0.717, 1.165) is 12.0 Å². The summed E-state index contributed by atoms with van der Waals surface area (Å²) in [6.07, 6.45) is 1.72. The van der Waals surface area contributed by atoms with Crippen LogP contribution in [0.1, 0.15) is 28.8 Å². The van der Waals surface area contributed by atoms with Gasteiger partial charge in [0.15, 0.2) is 0 Å². The number of nitrogens with one attached hydrogen (secondary N) is 2. The quantitative estimate of drug-likeness (QED) is 0.833. The molecule has 1 fully saturated rings. The normalized spacial score (nSPS) is 21.0. The number of fused-ring (bicyclic) bond motifs is 1. The number of nitrogens with zero attached hydrogens (tertiary/aromatic N) is 1. The molecule has 6 heteroatoms. The van der Waals surface area contributed by atoms with Crippen LogP contribution in [-0.2, 0) is 16.0 Å². The first-order valence-electron chi connectivity index (χ1n) is 7.03. The van der Waals surface area contributed by atoms with Crippen molar-refractivity contribution in [3.05, 3.63) is 29.3 Å². The topological polar surface area (TPSA) is 78.5 Å². The number of hydrogen-bond donors (Lipinski definition) is 2. The molecule has 2 aliphatic rings. The monoisotopic (exact) mass is 287 g/mol. The minimum absolute atomic E-state index is 0.0264. The van der Waals surface area contributed by atoms with Crippen molar-refractivity contribution in [2.24, 2.45) is 0 Å². The van der Waals surface area contributed by atoms with Gasteiger partial charge in [0.1, 0.15) is 6.04 Å². The maximum atomic E-state index is 12.1. The van der Waals surface area contributed by atoms with Crippen LogP contribution in [0.2, 0.25) is 0 Å². The standard InChI is InChI=1S/C15H17N3O3/c1-18-7-6-9-2-3-10(8-11(9)15(18)21)16-14(20)12-4-5-13(19)17-12/h2-3,8,12H,4-7H2,1H3,(H,16,20)(H,17,19). The van der Waals surface area contributed by atoms with E-state index in [0.29, 0.717) is 30.6 Å². The molecule has 0 radical (unpaired) electrons. The minimum Gasteiger partial charge on any atom is -0.344 e. The number of anilines is 1. The third-order valence-corrected chi connectivity index (χ3v) is 3.98. The number of likely N-dealkylation sites (N-methyl/N-ethyl adjacent to an activating group) is 1. The van der Waals surface area contributed by atoms with Crippen LogP contribution in [0.15, 0.2) is 18.2 Å². The van der Waals surface area contributed by atoms with Crippen LogP contribution in [0.25, 0.3) is 0 Å². The van der Waals surface area contributed by atoms with Gasteiger partial charge in [-0.1, -0.05) is 6.07 Å². The molecule has 3 rings (SSSR count). The van der Waals surface area contributed by atoms with E-state index in [1.807, 2.05) is 6.07 Å². The van der Waals surface area contributed by atoms with Crippen LogP contribution in [0, 0.1) is 0 Å². The van der Waals surface area contributed by atoms with E-state index in [-0.39, 0.29) is 17.7 Å². The van der Waals surface area contributed by atoms with Crippen molar-refractivity contribution in [1.82, 2.24) is 10.2 Å². The molecule has 3 amide bonds. The van der Waals surface area contributed by atoms with Gasteiger partial charge in [0.05, 0.1) is 0 Å². The summed E-state index contributed by atoms with van der Waals surface area (Å²) in [6.45, 7) is 0.714. The van der Waals surface area contributed by atoms with Crippen molar-refractivity contribution in [2.75, 3.05) is 18.9 Å². The molecule has 2 N–H and O–H groups in total. The highest BCUT2D eigenvalue weighted by Crippen LogP contribution is 2.22. The van der Waals surface area contributed by atoms with Gasteiger partial charge in [0.25, 0.3) is 5.91 Å². The molecule has 1 atom stereocenters. The van der Waals surface area contributed by atoms with Crippen LogP contribution in [-0.4, -0.2) is 42.3 Å². The molecule has 0 bridgehead atoms. The van der Waals surface area contributed by atoms with Gasteiger partial charge in [-0.15, -0.1) is 0 Å². The van der Waals surface area contributed by atoms with Crippen molar-refractivity contribution in [3.8, 4) is 0 Å². The lowest BCUT2D eigenvalue weighted by Crippen LogP contribution is -2.37. The van der Waals surface area contributed by atoms with E-state index in [1.54, 1.807) is 24.1 Å². The summed E-state index contributed by atoms with van der Waals surface area (Å²) in [7, 11) is 1.77. The lowest BCUT2D eigenvalue weighted by Gasteiger charge is -2.25. The fourth-order valence-corrected chi connectivity index (χ4v) is 2.71. The van der Waals surface area contributed by atoms with Crippen molar-refractivity contribution >= 4 is 23.4 Å². The molecule has 1 unspecified atom stereocenters. The summed E-state index contributed by atoms with van der Waals surface area (Å²) in [5.41, 5.74) is 2.23. The first-order valence-corrected chi connectivity index (χ1v) is 7.03. The van der Waals surface area contributed by atoms with Gasteiger partial charge in [-0.2, -0.15) is 0 Å². The number of carbonyl (C=O) groups excluding carboxylic acids is 3. The molecule has 1 saturated heterocycles. The van der Waals surface area contributed by atoms with E-state index in [9.17, 15) is 14.4 Å². The molecule has 0 aliphatic carbocycles. The SMILES string of the molecule is CN1CCc2ccc(NC(=O)C3CCC(=O)N3)cc2C1=O. The molecular weight excluding hydrogens is 270 g/mol. The van der Waals surface area contributed by atoms with Gasteiger partial charge in [-0.25, -0.2) is 0 Å². The maximum absolute atomic E-state index is 12.1. The van der Waals surface area contributed by atoms with Gasteiger partial charge < -0.3 is 15.5 Å². The number of amides is 3. The summed E-state index contributed by atoms with van der Waals surface area (Å²) in [5, 5.41) is 5.39. The Morgan fingerprint density at radius 1 is 1.33 bits per heavy atom. The second kappa shape index (κ2) is 5.20.